The molecule has 21 heavy (non-hydrogen) atoms. The van der Waals surface area contributed by atoms with Crippen LogP contribution < -0.4 is 10.6 Å². The molecule has 1 aliphatic heterocycles. The van der Waals surface area contributed by atoms with Crippen molar-refractivity contribution in [3.63, 3.8) is 0 Å². The fourth-order valence-corrected chi connectivity index (χ4v) is 3.43. The zero-order valence-corrected chi connectivity index (χ0v) is 12.5. The summed E-state index contributed by atoms with van der Waals surface area (Å²) < 4.78 is 37.8. The van der Waals surface area contributed by atoms with Gasteiger partial charge in [-0.25, -0.2) is 0 Å². The molecule has 122 valence electrons. The van der Waals surface area contributed by atoms with Crippen LogP contribution in [0.15, 0.2) is 0 Å². The molecule has 1 saturated heterocycles. The zero-order chi connectivity index (χ0) is 15.5. The molecule has 0 bridgehead atoms. The Kier molecular flexibility index (Phi) is 5.52. The molecular weight excluding hydrogens is 281 g/mol. The van der Waals surface area contributed by atoms with Crippen LogP contribution in [0.1, 0.15) is 51.9 Å². The molecule has 0 spiro atoms. The second kappa shape index (κ2) is 6.99. The van der Waals surface area contributed by atoms with Gasteiger partial charge in [0, 0.05) is 18.0 Å². The fraction of sp³-hybridized carbons (Fsp3) is 0.933. The van der Waals surface area contributed by atoms with Gasteiger partial charge >= 0.3 is 6.18 Å². The van der Waals surface area contributed by atoms with Gasteiger partial charge in [-0.15, -0.1) is 0 Å². The van der Waals surface area contributed by atoms with E-state index in [9.17, 15) is 18.0 Å². The van der Waals surface area contributed by atoms with E-state index in [2.05, 4.69) is 10.6 Å². The van der Waals surface area contributed by atoms with Crippen LogP contribution in [-0.4, -0.2) is 30.7 Å². The van der Waals surface area contributed by atoms with Crippen LogP contribution in [0.5, 0.6) is 0 Å². The summed E-state index contributed by atoms with van der Waals surface area (Å²) in [6, 6.07) is 0.326. The van der Waals surface area contributed by atoms with E-state index in [1.54, 1.807) is 0 Å². The van der Waals surface area contributed by atoms with Crippen molar-refractivity contribution in [2.24, 2.45) is 11.8 Å². The van der Waals surface area contributed by atoms with Gasteiger partial charge in [0.15, 0.2) is 0 Å². The van der Waals surface area contributed by atoms with Gasteiger partial charge in [0.2, 0.25) is 5.91 Å². The summed E-state index contributed by atoms with van der Waals surface area (Å²) in [5.74, 6) is -1.55. The monoisotopic (exact) mass is 306 g/mol. The van der Waals surface area contributed by atoms with Crippen LogP contribution in [0.25, 0.3) is 0 Å². The standard InChI is InChI=1S/C15H25F3N2O/c1-10(13-4-2-3-9-19-13)20-14(21)11-5-7-12(8-6-11)15(16,17)18/h10-13,19H,2-9H2,1H3,(H,20,21). The smallest absolute Gasteiger partial charge is 0.352 e. The number of alkyl halides is 3. The Labute approximate surface area is 124 Å². The number of hydrogen-bond acceptors (Lipinski definition) is 2. The lowest BCUT2D eigenvalue weighted by atomic mass is 9.81. The summed E-state index contributed by atoms with van der Waals surface area (Å²) in [5, 5.41) is 6.38. The number of carbonyl (C=O) groups is 1. The minimum Gasteiger partial charge on any atom is -0.352 e. The average molecular weight is 306 g/mol. The highest BCUT2D eigenvalue weighted by atomic mass is 19.4. The Morgan fingerprint density at radius 2 is 1.81 bits per heavy atom. The highest BCUT2D eigenvalue weighted by molar-refractivity contribution is 5.79. The van der Waals surface area contributed by atoms with Crippen molar-refractivity contribution in [2.75, 3.05) is 6.54 Å². The predicted octanol–water partition coefficient (Wildman–Crippen LogP) is 3.00. The van der Waals surface area contributed by atoms with Crippen molar-refractivity contribution in [1.29, 1.82) is 0 Å². The summed E-state index contributed by atoms with van der Waals surface area (Å²) in [4.78, 5) is 12.2. The lowest BCUT2D eigenvalue weighted by molar-refractivity contribution is -0.184. The first-order chi connectivity index (χ1) is 9.88. The van der Waals surface area contributed by atoms with E-state index >= 15 is 0 Å². The molecule has 2 fully saturated rings. The summed E-state index contributed by atoms with van der Waals surface area (Å²) in [6.45, 7) is 2.95. The van der Waals surface area contributed by atoms with Crippen LogP contribution in [0.2, 0.25) is 0 Å². The Balaban J connectivity index is 1.76. The highest BCUT2D eigenvalue weighted by Gasteiger charge is 2.42. The van der Waals surface area contributed by atoms with Crippen LogP contribution in [0.3, 0.4) is 0 Å². The van der Waals surface area contributed by atoms with E-state index in [0.717, 1.165) is 19.4 Å². The Hall–Kier alpha value is -0.780. The lowest BCUT2D eigenvalue weighted by Crippen LogP contribution is -2.51. The van der Waals surface area contributed by atoms with Gasteiger partial charge in [0.05, 0.1) is 5.92 Å². The number of rotatable bonds is 3. The number of nitrogens with one attached hydrogen (secondary N) is 2. The zero-order valence-electron chi connectivity index (χ0n) is 12.5. The maximum Gasteiger partial charge on any atom is 0.391 e. The average Bonchev–Trinajstić information content (AvgIpc) is 2.47. The van der Waals surface area contributed by atoms with E-state index in [-0.39, 0.29) is 36.8 Å². The topological polar surface area (TPSA) is 41.1 Å². The van der Waals surface area contributed by atoms with Gasteiger partial charge in [-0.1, -0.05) is 6.42 Å². The first-order valence-corrected chi connectivity index (χ1v) is 7.98. The third-order valence-electron chi connectivity index (χ3n) is 4.88. The molecule has 1 saturated carbocycles. The molecular formula is C15H25F3N2O. The third kappa shape index (κ3) is 4.59. The predicted molar refractivity (Wildman–Crippen MR) is 74.7 cm³/mol. The van der Waals surface area contributed by atoms with Crippen molar-refractivity contribution in [3.8, 4) is 0 Å². The van der Waals surface area contributed by atoms with E-state index in [1.165, 1.54) is 6.42 Å². The van der Waals surface area contributed by atoms with Crippen LogP contribution in [0.4, 0.5) is 13.2 Å². The van der Waals surface area contributed by atoms with Crippen molar-refractivity contribution in [2.45, 2.75) is 70.1 Å². The lowest BCUT2D eigenvalue weighted by Gasteiger charge is -2.33. The molecule has 0 aromatic heterocycles. The SMILES string of the molecule is CC(NC(=O)C1CCC(C(F)(F)F)CC1)C1CCCCN1. The second-order valence-corrected chi connectivity index (χ2v) is 6.44. The van der Waals surface area contributed by atoms with Crippen molar-refractivity contribution in [1.82, 2.24) is 10.6 Å². The minimum absolute atomic E-state index is 0.0399. The van der Waals surface area contributed by atoms with Crippen LogP contribution in [-0.2, 0) is 4.79 Å². The van der Waals surface area contributed by atoms with Gasteiger partial charge < -0.3 is 10.6 Å². The van der Waals surface area contributed by atoms with E-state index in [0.29, 0.717) is 12.8 Å². The van der Waals surface area contributed by atoms with Gasteiger partial charge in [-0.3, -0.25) is 4.79 Å². The van der Waals surface area contributed by atoms with Crippen molar-refractivity contribution >= 4 is 5.91 Å². The fourth-order valence-electron chi connectivity index (χ4n) is 3.43. The number of amides is 1. The normalized spacial score (nSPS) is 32.5. The van der Waals surface area contributed by atoms with E-state index < -0.39 is 12.1 Å². The molecule has 3 nitrogen and oxygen atoms in total. The number of hydrogen-bond donors (Lipinski definition) is 2. The molecule has 2 rings (SSSR count). The van der Waals surface area contributed by atoms with Crippen molar-refractivity contribution < 1.29 is 18.0 Å². The summed E-state index contributed by atoms with van der Waals surface area (Å²) >= 11 is 0. The molecule has 1 amide bonds. The molecule has 6 heteroatoms. The Morgan fingerprint density at radius 1 is 1.14 bits per heavy atom. The summed E-state index contributed by atoms with van der Waals surface area (Å²) in [6.07, 6.45) is 0.118. The number of carbonyl (C=O) groups excluding carboxylic acids is 1. The van der Waals surface area contributed by atoms with E-state index in [4.69, 9.17) is 0 Å². The largest absolute Gasteiger partial charge is 0.391 e. The van der Waals surface area contributed by atoms with Crippen LogP contribution in [0, 0.1) is 11.8 Å². The van der Waals surface area contributed by atoms with Gasteiger partial charge in [-0.05, 0) is 52.0 Å². The van der Waals surface area contributed by atoms with Crippen molar-refractivity contribution in [3.05, 3.63) is 0 Å². The maximum absolute atomic E-state index is 12.6. The molecule has 2 atom stereocenters. The number of halogens is 3. The molecule has 2 N–H and O–H groups in total. The molecule has 0 aromatic carbocycles. The number of piperidine rings is 1. The Morgan fingerprint density at radius 3 is 2.33 bits per heavy atom. The third-order valence-corrected chi connectivity index (χ3v) is 4.88. The molecule has 1 aliphatic carbocycles. The molecule has 2 aliphatic rings. The van der Waals surface area contributed by atoms with Gasteiger partial charge in [0.25, 0.3) is 0 Å². The first-order valence-electron chi connectivity index (χ1n) is 7.98. The Bertz CT molecular complexity index is 345. The molecule has 1 heterocycles. The maximum atomic E-state index is 12.6. The molecule has 0 aromatic rings. The molecule has 0 radical (unpaired) electrons. The van der Waals surface area contributed by atoms with Gasteiger partial charge in [-0.2, -0.15) is 13.2 Å². The summed E-state index contributed by atoms with van der Waals surface area (Å²) in [5.41, 5.74) is 0. The minimum atomic E-state index is -4.11. The second-order valence-electron chi connectivity index (χ2n) is 6.44. The highest BCUT2D eigenvalue weighted by Crippen LogP contribution is 2.39. The van der Waals surface area contributed by atoms with Gasteiger partial charge in [0.1, 0.15) is 0 Å². The van der Waals surface area contributed by atoms with Crippen LogP contribution >= 0.6 is 0 Å². The quantitative estimate of drug-likeness (QED) is 0.841. The van der Waals surface area contributed by atoms with E-state index in [1.807, 2.05) is 6.92 Å². The summed E-state index contributed by atoms with van der Waals surface area (Å²) in [7, 11) is 0. The molecule has 2 unspecified atom stereocenters. The first kappa shape index (κ1) is 16.6.